The van der Waals surface area contributed by atoms with Crippen molar-refractivity contribution in [1.82, 2.24) is 15.0 Å². The minimum absolute atomic E-state index is 0.262. The second-order valence-electron chi connectivity index (χ2n) is 4.48. The molecule has 0 fully saturated rings. The maximum Gasteiger partial charge on any atom is 0.338 e. The minimum Gasteiger partial charge on any atom is -0.457 e. The molecule has 5 nitrogen and oxygen atoms in total. The number of nitrogens with zero attached hydrogens (tertiary/aromatic N) is 3. The number of fused-ring (bicyclic) bond motifs is 1. The van der Waals surface area contributed by atoms with Crippen LogP contribution in [0.25, 0.3) is 11.0 Å². The average Bonchev–Trinajstić information content (AvgIpc) is 2.87. The molecule has 20 heavy (non-hydrogen) atoms. The van der Waals surface area contributed by atoms with Crippen molar-refractivity contribution in [3.63, 3.8) is 0 Å². The number of esters is 1. The van der Waals surface area contributed by atoms with Crippen LogP contribution in [0.3, 0.4) is 0 Å². The number of hydrogen-bond donors (Lipinski definition) is 0. The van der Waals surface area contributed by atoms with Crippen molar-refractivity contribution in [1.29, 1.82) is 0 Å². The summed E-state index contributed by atoms with van der Waals surface area (Å²) in [4.78, 5) is 12.0. The Kier molecular flexibility index (Phi) is 3.16. The fraction of sp³-hybridized carbons (Fsp3) is 0.133. The molecule has 1 aromatic heterocycles. The Bertz CT molecular complexity index is 750. The molecular formula is C15H13N3O2. The molecule has 0 bridgehead atoms. The number of ether oxygens (including phenoxy) is 1. The molecule has 0 radical (unpaired) electrons. The van der Waals surface area contributed by atoms with Crippen LogP contribution in [0.2, 0.25) is 0 Å². The Hall–Kier alpha value is -2.69. The molecule has 0 aliphatic rings. The molecule has 0 unspecified atom stereocenters. The summed E-state index contributed by atoms with van der Waals surface area (Å²) in [6.45, 7) is 0.262. The van der Waals surface area contributed by atoms with Gasteiger partial charge in [0.2, 0.25) is 0 Å². The third kappa shape index (κ3) is 2.38. The van der Waals surface area contributed by atoms with Crippen molar-refractivity contribution in [2.45, 2.75) is 6.61 Å². The molecule has 0 spiro atoms. The van der Waals surface area contributed by atoms with Gasteiger partial charge in [-0.15, -0.1) is 5.10 Å². The minimum atomic E-state index is -0.360. The van der Waals surface area contributed by atoms with Gasteiger partial charge >= 0.3 is 5.97 Å². The van der Waals surface area contributed by atoms with Gasteiger partial charge in [0.25, 0.3) is 0 Å². The zero-order valence-corrected chi connectivity index (χ0v) is 11.0. The van der Waals surface area contributed by atoms with Gasteiger partial charge in [-0.3, -0.25) is 0 Å². The summed E-state index contributed by atoms with van der Waals surface area (Å²) >= 11 is 0. The maximum absolute atomic E-state index is 12.0. The van der Waals surface area contributed by atoms with Crippen molar-refractivity contribution < 1.29 is 9.53 Å². The maximum atomic E-state index is 12.0. The van der Waals surface area contributed by atoms with Crippen LogP contribution in [0.1, 0.15) is 15.9 Å². The molecule has 0 N–H and O–H groups in total. The van der Waals surface area contributed by atoms with Gasteiger partial charge in [-0.1, -0.05) is 35.5 Å². The predicted octanol–water partition coefficient (Wildman–Crippen LogP) is 2.33. The van der Waals surface area contributed by atoms with Crippen molar-refractivity contribution in [2.24, 2.45) is 7.05 Å². The number of carbonyl (C=O) groups excluding carboxylic acids is 1. The summed E-state index contributed by atoms with van der Waals surface area (Å²) in [5.74, 6) is -0.360. The fourth-order valence-corrected chi connectivity index (χ4v) is 1.97. The summed E-state index contributed by atoms with van der Waals surface area (Å²) in [5.41, 5.74) is 3.00. The highest BCUT2D eigenvalue weighted by Crippen LogP contribution is 2.14. The van der Waals surface area contributed by atoms with E-state index in [1.807, 2.05) is 43.4 Å². The number of benzene rings is 2. The van der Waals surface area contributed by atoms with Gasteiger partial charge in [-0.25, -0.2) is 9.48 Å². The molecule has 0 saturated heterocycles. The molecule has 0 amide bonds. The van der Waals surface area contributed by atoms with E-state index in [2.05, 4.69) is 10.3 Å². The molecule has 0 saturated carbocycles. The van der Waals surface area contributed by atoms with E-state index in [0.717, 1.165) is 11.1 Å². The van der Waals surface area contributed by atoms with Crippen LogP contribution in [0.15, 0.2) is 48.5 Å². The molecule has 3 aromatic rings. The summed E-state index contributed by atoms with van der Waals surface area (Å²) in [7, 11) is 1.81. The normalized spacial score (nSPS) is 10.7. The highest BCUT2D eigenvalue weighted by Gasteiger charge is 2.10. The highest BCUT2D eigenvalue weighted by atomic mass is 16.5. The molecule has 0 aliphatic heterocycles. The Morgan fingerprint density at radius 2 is 2.00 bits per heavy atom. The highest BCUT2D eigenvalue weighted by molar-refractivity contribution is 5.93. The van der Waals surface area contributed by atoms with Crippen LogP contribution < -0.4 is 0 Å². The van der Waals surface area contributed by atoms with E-state index >= 15 is 0 Å². The quantitative estimate of drug-likeness (QED) is 0.683. The largest absolute Gasteiger partial charge is 0.457 e. The van der Waals surface area contributed by atoms with Crippen molar-refractivity contribution in [3.8, 4) is 0 Å². The lowest BCUT2D eigenvalue weighted by Gasteiger charge is -2.04. The van der Waals surface area contributed by atoms with Crippen LogP contribution in [0, 0.1) is 0 Å². The topological polar surface area (TPSA) is 57.0 Å². The number of hydrogen-bond acceptors (Lipinski definition) is 4. The Morgan fingerprint density at radius 3 is 2.80 bits per heavy atom. The van der Waals surface area contributed by atoms with E-state index in [9.17, 15) is 4.79 Å². The van der Waals surface area contributed by atoms with Gasteiger partial charge in [-0.05, 0) is 23.8 Å². The standard InChI is InChI=1S/C15H13N3O2/c1-18-14-8-7-12(9-13(14)16-17-18)15(19)20-10-11-5-3-2-4-6-11/h2-9H,10H2,1H3. The van der Waals surface area contributed by atoms with Gasteiger partial charge in [0.05, 0.1) is 11.1 Å². The van der Waals surface area contributed by atoms with E-state index in [-0.39, 0.29) is 12.6 Å². The van der Waals surface area contributed by atoms with Crippen LogP contribution in [-0.4, -0.2) is 21.0 Å². The van der Waals surface area contributed by atoms with E-state index < -0.39 is 0 Å². The second kappa shape index (κ2) is 5.13. The number of aryl methyl sites for hydroxylation is 1. The molecule has 0 atom stereocenters. The van der Waals surface area contributed by atoms with E-state index in [4.69, 9.17) is 4.74 Å². The molecule has 1 heterocycles. The van der Waals surface area contributed by atoms with Gasteiger partial charge in [0.1, 0.15) is 12.1 Å². The molecule has 3 rings (SSSR count). The zero-order valence-electron chi connectivity index (χ0n) is 11.0. The lowest BCUT2D eigenvalue weighted by atomic mass is 10.2. The fourth-order valence-electron chi connectivity index (χ4n) is 1.97. The average molecular weight is 267 g/mol. The smallest absolute Gasteiger partial charge is 0.338 e. The zero-order chi connectivity index (χ0) is 13.9. The summed E-state index contributed by atoms with van der Waals surface area (Å²) < 4.78 is 6.94. The van der Waals surface area contributed by atoms with Crippen molar-refractivity contribution in [3.05, 3.63) is 59.7 Å². The van der Waals surface area contributed by atoms with Gasteiger partial charge < -0.3 is 4.74 Å². The van der Waals surface area contributed by atoms with Crippen LogP contribution in [-0.2, 0) is 18.4 Å². The monoisotopic (exact) mass is 267 g/mol. The van der Waals surface area contributed by atoms with Crippen molar-refractivity contribution >= 4 is 17.0 Å². The second-order valence-corrected chi connectivity index (χ2v) is 4.48. The van der Waals surface area contributed by atoms with Crippen molar-refractivity contribution in [2.75, 3.05) is 0 Å². The van der Waals surface area contributed by atoms with Crippen LogP contribution >= 0.6 is 0 Å². The molecule has 0 aliphatic carbocycles. The van der Waals surface area contributed by atoms with E-state index in [1.54, 1.807) is 16.8 Å². The summed E-state index contributed by atoms with van der Waals surface area (Å²) in [6.07, 6.45) is 0. The lowest BCUT2D eigenvalue weighted by molar-refractivity contribution is 0.0473. The Labute approximate surface area is 115 Å². The van der Waals surface area contributed by atoms with E-state index in [1.165, 1.54) is 0 Å². The van der Waals surface area contributed by atoms with Crippen LogP contribution in [0.5, 0.6) is 0 Å². The Morgan fingerprint density at radius 1 is 1.20 bits per heavy atom. The van der Waals surface area contributed by atoms with E-state index in [0.29, 0.717) is 11.1 Å². The lowest BCUT2D eigenvalue weighted by Crippen LogP contribution is -2.05. The molecule has 100 valence electrons. The third-order valence-electron chi connectivity index (χ3n) is 3.06. The number of rotatable bonds is 3. The number of carbonyl (C=O) groups is 1. The van der Waals surface area contributed by atoms with Gasteiger partial charge in [0, 0.05) is 7.05 Å². The molecular weight excluding hydrogens is 254 g/mol. The Balaban J connectivity index is 1.75. The first-order valence-electron chi connectivity index (χ1n) is 6.24. The summed E-state index contributed by atoms with van der Waals surface area (Å²) in [6, 6.07) is 14.8. The predicted molar refractivity (Wildman–Crippen MR) is 74.1 cm³/mol. The van der Waals surface area contributed by atoms with Gasteiger partial charge in [0.15, 0.2) is 0 Å². The van der Waals surface area contributed by atoms with Crippen LogP contribution in [0.4, 0.5) is 0 Å². The first kappa shape index (κ1) is 12.3. The molecule has 5 heteroatoms. The third-order valence-corrected chi connectivity index (χ3v) is 3.06. The van der Waals surface area contributed by atoms with Gasteiger partial charge in [-0.2, -0.15) is 0 Å². The SMILES string of the molecule is Cn1nnc2cc(C(=O)OCc3ccccc3)ccc21. The molecule has 2 aromatic carbocycles. The first-order valence-corrected chi connectivity index (χ1v) is 6.24. The number of aromatic nitrogens is 3. The first-order chi connectivity index (χ1) is 9.74. The summed E-state index contributed by atoms with van der Waals surface area (Å²) in [5, 5.41) is 7.89.